The molecule has 1 heterocycles. The van der Waals surface area contributed by atoms with Crippen LogP contribution in [0, 0.1) is 11.8 Å². The van der Waals surface area contributed by atoms with Gasteiger partial charge in [-0.1, -0.05) is 25.0 Å². The molecule has 0 unspecified atom stereocenters. The number of methoxy groups -OCH3 is 1. The lowest BCUT2D eigenvalue weighted by molar-refractivity contribution is -0.159. The second-order valence-electron chi connectivity index (χ2n) is 7.46. The number of benzene rings is 1. The summed E-state index contributed by atoms with van der Waals surface area (Å²) in [5, 5.41) is 2.69. The largest absolute Gasteiger partial charge is 0.497 e. The molecule has 8 nitrogen and oxygen atoms in total. The van der Waals surface area contributed by atoms with Gasteiger partial charge in [0.25, 0.3) is 5.91 Å². The summed E-state index contributed by atoms with van der Waals surface area (Å²) in [5.74, 6) is -1.72. The fourth-order valence-corrected chi connectivity index (χ4v) is 3.88. The lowest BCUT2D eigenvalue weighted by atomic mass is 9.81. The maximum atomic E-state index is 12.4. The molecule has 29 heavy (non-hydrogen) atoms. The third-order valence-corrected chi connectivity index (χ3v) is 5.52. The fraction of sp³-hybridized carbons (Fsp3) is 0.524. The van der Waals surface area contributed by atoms with Gasteiger partial charge in [0.15, 0.2) is 6.10 Å². The minimum absolute atomic E-state index is 0.275. The molecule has 1 N–H and O–H groups in total. The van der Waals surface area contributed by atoms with E-state index < -0.39 is 24.5 Å². The van der Waals surface area contributed by atoms with Gasteiger partial charge in [-0.25, -0.2) is 0 Å². The first kappa shape index (κ1) is 20.8. The Morgan fingerprint density at radius 1 is 1.10 bits per heavy atom. The minimum atomic E-state index is -1.03. The van der Waals surface area contributed by atoms with Crippen LogP contribution in [0.25, 0.3) is 0 Å². The number of imide groups is 1. The molecule has 3 rings (SSSR count). The van der Waals surface area contributed by atoms with Crippen molar-refractivity contribution in [3.63, 3.8) is 0 Å². The molecule has 1 aliphatic heterocycles. The van der Waals surface area contributed by atoms with Crippen molar-refractivity contribution in [1.82, 2.24) is 10.2 Å². The minimum Gasteiger partial charge on any atom is -0.497 e. The Morgan fingerprint density at radius 2 is 1.69 bits per heavy atom. The first-order valence-corrected chi connectivity index (χ1v) is 9.86. The van der Waals surface area contributed by atoms with Crippen molar-refractivity contribution in [1.29, 1.82) is 0 Å². The zero-order valence-electron chi connectivity index (χ0n) is 16.7. The number of likely N-dealkylation sites (tertiary alicyclic amines) is 1. The molecular weight excluding hydrogens is 376 g/mol. The monoisotopic (exact) mass is 402 g/mol. The van der Waals surface area contributed by atoms with Crippen LogP contribution in [0.1, 0.15) is 38.2 Å². The van der Waals surface area contributed by atoms with Gasteiger partial charge in [0.1, 0.15) is 12.3 Å². The van der Waals surface area contributed by atoms with Gasteiger partial charge >= 0.3 is 5.97 Å². The molecule has 0 spiro atoms. The summed E-state index contributed by atoms with van der Waals surface area (Å²) in [6.07, 6.45) is 2.18. The number of amides is 3. The van der Waals surface area contributed by atoms with Crippen molar-refractivity contribution in [3.05, 3.63) is 29.8 Å². The van der Waals surface area contributed by atoms with Crippen LogP contribution < -0.4 is 10.1 Å². The van der Waals surface area contributed by atoms with E-state index in [1.165, 1.54) is 6.92 Å². The first-order chi connectivity index (χ1) is 13.9. The second kappa shape index (κ2) is 9.07. The number of fused-ring (bicyclic) bond motifs is 1. The van der Waals surface area contributed by atoms with Gasteiger partial charge in [0, 0.05) is 6.54 Å². The molecule has 3 amide bonds. The maximum Gasteiger partial charge on any atom is 0.326 e. The molecule has 8 heteroatoms. The molecule has 1 saturated heterocycles. The Bertz CT molecular complexity index is 767. The SMILES string of the molecule is COc1ccc(CNC(=O)[C@@H](C)OC(=O)CN2C(=O)[C@H]3CCCC[C@@H]3C2=O)cc1. The van der Waals surface area contributed by atoms with Gasteiger partial charge in [-0.2, -0.15) is 0 Å². The third-order valence-electron chi connectivity index (χ3n) is 5.52. The summed E-state index contributed by atoms with van der Waals surface area (Å²) in [6.45, 7) is 1.28. The lowest BCUT2D eigenvalue weighted by Crippen LogP contribution is -2.40. The molecule has 0 aromatic heterocycles. The van der Waals surface area contributed by atoms with E-state index >= 15 is 0 Å². The first-order valence-electron chi connectivity index (χ1n) is 9.86. The smallest absolute Gasteiger partial charge is 0.326 e. The lowest BCUT2D eigenvalue weighted by Gasteiger charge is -2.19. The van der Waals surface area contributed by atoms with Gasteiger partial charge in [0.2, 0.25) is 11.8 Å². The van der Waals surface area contributed by atoms with E-state index in [0.717, 1.165) is 23.3 Å². The average Bonchev–Trinajstić information content (AvgIpc) is 2.97. The Balaban J connectivity index is 1.47. The molecule has 1 saturated carbocycles. The van der Waals surface area contributed by atoms with Gasteiger partial charge < -0.3 is 14.8 Å². The molecule has 1 aromatic rings. The average molecular weight is 402 g/mol. The standard InChI is InChI=1S/C21H26N2O6/c1-13(19(25)22-11-14-7-9-15(28-2)10-8-14)29-18(24)12-23-20(26)16-5-3-4-6-17(16)21(23)27/h7-10,13,16-17H,3-6,11-12H2,1-2H3,(H,22,25)/t13-,16+,17+/m1/s1. The molecule has 3 atom stereocenters. The van der Waals surface area contributed by atoms with Crippen LogP contribution in [0.2, 0.25) is 0 Å². The van der Waals surface area contributed by atoms with E-state index in [9.17, 15) is 19.2 Å². The topological polar surface area (TPSA) is 102 Å². The van der Waals surface area contributed by atoms with Crippen LogP contribution >= 0.6 is 0 Å². The van der Waals surface area contributed by atoms with E-state index in [1.807, 2.05) is 12.1 Å². The summed E-state index contributed by atoms with van der Waals surface area (Å²) < 4.78 is 10.2. The van der Waals surface area contributed by atoms with Crippen molar-refractivity contribution in [2.75, 3.05) is 13.7 Å². The van der Waals surface area contributed by atoms with Crippen molar-refractivity contribution in [2.45, 2.75) is 45.3 Å². The van der Waals surface area contributed by atoms with Crippen LogP contribution in [0.15, 0.2) is 24.3 Å². The third kappa shape index (κ3) is 4.75. The summed E-state index contributed by atoms with van der Waals surface area (Å²) in [7, 11) is 1.57. The number of carbonyl (C=O) groups excluding carboxylic acids is 4. The molecule has 1 aliphatic carbocycles. The highest BCUT2D eigenvalue weighted by atomic mass is 16.5. The normalized spacial score (nSPS) is 22.1. The summed E-state index contributed by atoms with van der Waals surface area (Å²) in [5.41, 5.74) is 0.869. The quantitative estimate of drug-likeness (QED) is 0.547. The number of nitrogens with zero attached hydrogens (tertiary/aromatic N) is 1. The van der Waals surface area contributed by atoms with Crippen molar-refractivity contribution in [3.8, 4) is 5.75 Å². The van der Waals surface area contributed by atoms with E-state index in [1.54, 1.807) is 19.2 Å². The highest BCUT2D eigenvalue weighted by Crippen LogP contribution is 2.37. The highest BCUT2D eigenvalue weighted by molar-refractivity contribution is 6.07. The number of esters is 1. The zero-order chi connectivity index (χ0) is 21.0. The van der Waals surface area contributed by atoms with Crippen molar-refractivity contribution < 1.29 is 28.7 Å². The Labute approximate surface area is 169 Å². The van der Waals surface area contributed by atoms with Crippen LogP contribution in [-0.2, 0) is 30.5 Å². The molecule has 0 bridgehead atoms. The molecule has 1 aromatic carbocycles. The van der Waals surface area contributed by atoms with Crippen molar-refractivity contribution in [2.24, 2.45) is 11.8 Å². The van der Waals surface area contributed by atoms with Gasteiger partial charge in [-0.15, -0.1) is 0 Å². The van der Waals surface area contributed by atoms with Gasteiger partial charge in [-0.3, -0.25) is 24.1 Å². The molecule has 156 valence electrons. The van der Waals surface area contributed by atoms with Crippen LogP contribution in [-0.4, -0.2) is 48.3 Å². The number of hydrogen-bond acceptors (Lipinski definition) is 6. The summed E-state index contributed by atoms with van der Waals surface area (Å²) in [4.78, 5) is 50.2. The predicted octanol–water partition coefficient (Wildman–Crippen LogP) is 1.42. The van der Waals surface area contributed by atoms with E-state index in [-0.39, 0.29) is 30.2 Å². The zero-order valence-corrected chi connectivity index (χ0v) is 16.7. The molecule has 0 radical (unpaired) electrons. The van der Waals surface area contributed by atoms with Gasteiger partial charge in [-0.05, 0) is 37.5 Å². The van der Waals surface area contributed by atoms with Crippen LogP contribution in [0.4, 0.5) is 0 Å². The van der Waals surface area contributed by atoms with E-state index in [0.29, 0.717) is 18.6 Å². The number of nitrogens with one attached hydrogen (secondary N) is 1. The van der Waals surface area contributed by atoms with Gasteiger partial charge in [0.05, 0.1) is 18.9 Å². The van der Waals surface area contributed by atoms with Crippen LogP contribution in [0.5, 0.6) is 5.75 Å². The Hall–Kier alpha value is -2.90. The summed E-state index contributed by atoms with van der Waals surface area (Å²) >= 11 is 0. The molecule has 2 fully saturated rings. The predicted molar refractivity (Wildman–Crippen MR) is 103 cm³/mol. The van der Waals surface area contributed by atoms with E-state index in [4.69, 9.17) is 9.47 Å². The number of rotatable bonds is 7. The fourth-order valence-electron chi connectivity index (χ4n) is 3.88. The maximum absolute atomic E-state index is 12.4. The second-order valence-corrected chi connectivity index (χ2v) is 7.46. The number of hydrogen-bond donors (Lipinski definition) is 1. The number of carbonyl (C=O) groups is 4. The van der Waals surface area contributed by atoms with E-state index in [2.05, 4.69) is 5.32 Å². The molecular formula is C21H26N2O6. The Kier molecular flexibility index (Phi) is 6.51. The van der Waals surface area contributed by atoms with Crippen LogP contribution in [0.3, 0.4) is 0 Å². The highest BCUT2D eigenvalue weighted by Gasteiger charge is 2.48. The number of ether oxygens (including phenoxy) is 2. The van der Waals surface area contributed by atoms with Crippen molar-refractivity contribution >= 4 is 23.7 Å². The Morgan fingerprint density at radius 3 is 2.24 bits per heavy atom. The summed E-state index contributed by atoms with van der Waals surface area (Å²) in [6, 6.07) is 7.21. The molecule has 2 aliphatic rings.